The summed E-state index contributed by atoms with van der Waals surface area (Å²) in [5, 5.41) is 11.7. The van der Waals surface area contributed by atoms with Gasteiger partial charge in [-0.2, -0.15) is 0 Å². The first-order valence-electron chi connectivity index (χ1n) is 6.80. The average molecular weight is 329 g/mol. The molecule has 0 spiro atoms. The number of nitrogens with zero attached hydrogens (tertiary/aromatic N) is 1. The normalized spacial score (nSPS) is 13.5. The van der Waals surface area contributed by atoms with Crippen LogP contribution in [0, 0.1) is 0 Å². The van der Waals surface area contributed by atoms with Crippen molar-refractivity contribution >= 4 is 29.2 Å². The fourth-order valence-corrected chi connectivity index (χ4v) is 2.19. The number of esters is 1. The number of aliphatic hydroxyl groups excluding tert-OH is 1. The summed E-state index contributed by atoms with van der Waals surface area (Å²) in [6, 6.07) is 4.87. The lowest BCUT2D eigenvalue weighted by Gasteiger charge is -2.29. The van der Waals surface area contributed by atoms with Crippen LogP contribution < -0.4 is 15.0 Å². The van der Waals surface area contributed by atoms with Gasteiger partial charge in [-0.3, -0.25) is 4.79 Å². The fraction of sp³-hybridized carbons (Fsp3) is 0.429. The van der Waals surface area contributed by atoms with Gasteiger partial charge in [0.2, 0.25) is 5.91 Å². The number of anilines is 1. The van der Waals surface area contributed by atoms with Gasteiger partial charge in [-0.15, -0.1) is 0 Å². The van der Waals surface area contributed by atoms with Crippen LogP contribution in [0.25, 0.3) is 0 Å². The summed E-state index contributed by atoms with van der Waals surface area (Å²) >= 11 is 5.94. The molecule has 0 aromatic heterocycles. The SMILES string of the molecule is O=C(CN1CC(=O)Oc2ccc(Cl)cc21)NCCOCCO. The number of amides is 1. The van der Waals surface area contributed by atoms with Gasteiger partial charge in [-0.05, 0) is 18.2 Å². The Balaban J connectivity index is 1.91. The van der Waals surface area contributed by atoms with Gasteiger partial charge in [-0.1, -0.05) is 11.6 Å². The van der Waals surface area contributed by atoms with Gasteiger partial charge < -0.3 is 24.8 Å². The summed E-state index contributed by atoms with van der Waals surface area (Å²) < 4.78 is 10.2. The first-order chi connectivity index (χ1) is 10.6. The van der Waals surface area contributed by atoms with E-state index in [9.17, 15) is 9.59 Å². The molecule has 0 radical (unpaired) electrons. The van der Waals surface area contributed by atoms with E-state index in [-0.39, 0.29) is 32.2 Å². The van der Waals surface area contributed by atoms with Crippen LogP contribution >= 0.6 is 11.6 Å². The van der Waals surface area contributed by atoms with Gasteiger partial charge >= 0.3 is 5.97 Å². The molecular weight excluding hydrogens is 312 g/mol. The topological polar surface area (TPSA) is 88.1 Å². The van der Waals surface area contributed by atoms with Gasteiger partial charge in [-0.25, -0.2) is 4.79 Å². The number of halogens is 1. The molecule has 1 aromatic carbocycles. The highest BCUT2D eigenvalue weighted by Gasteiger charge is 2.25. The number of carbonyl (C=O) groups is 2. The van der Waals surface area contributed by atoms with Crippen LogP contribution in [0.1, 0.15) is 0 Å². The van der Waals surface area contributed by atoms with Gasteiger partial charge in [0, 0.05) is 11.6 Å². The highest BCUT2D eigenvalue weighted by Crippen LogP contribution is 2.34. The zero-order valence-electron chi connectivity index (χ0n) is 11.9. The molecule has 0 aliphatic carbocycles. The Morgan fingerprint density at radius 1 is 1.45 bits per heavy atom. The van der Waals surface area contributed by atoms with Crippen LogP contribution in [0.3, 0.4) is 0 Å². The molecule has 1 aliphatic rings. The van der Waals surface area contributed by atoms with Crippen molar-refractivity contribution < 1.29 is 24.2 Å². The second-order valence-electron chi connectivity index (χ2n) is 4.63. The van der Waals surface area contributed by atoms with E-state index >= 15 is 0 Å². The molecule has 2 N–H and O–H groups in total. The number of ether oxygens (including phenoxy) is 2. The van der Waals surface area contributed by atoms with E-state index in [1.807, 2.05) is 0 Å². The predicted molar refractivity (Wildman–Crippen MR) is 80.2 cm³/mol. The zero-order valence-corrected chi connectivity index (χ0v) is 12.6. The number of hydrogen-bond donors (Lipinski definition) is 2. The Labute approximate surface area is 132 Å². The van der Waals surface area contributed by atoms with Crippen molar-refractivity contribution in [1.29, 1.82) is 0 Å². The first-order valence-corrected chi connectivity index (χ1v) is 7.18. The number of nitrogens with one attached hydrogen (secondary N) is 1. The second kappa shape index (κ2) is 7.98. The molecule has 0 saturated carbocycles. The van der Waals surface area contributed by atoms with Crippen molar-refractivity contribution in [1.82, 2.24) is 5.32 Å². The maximum Gasteiger partial charge on any atom is 0.331 e. The van der Waals surface area contributed by atoms with Crippen LogP contribution in [0.4, 0.5) is 5.69 Å². The van der Waals surface area contributed by atoms with Crippen molar-refractivity contribution in [3.8, 4) is 5.75 Å². The quantitative estimate of drug-likeness (QED) is 0.422. The third-order valence-corrected chi connectivity index (χ3v) is 3.18. The van der Waals surface area contributed by atoms with Crippen molar-refractivity contribution in [3.63, 3.8) is 0 Å². The van der Waals surface area contributed by atoms with Crippen LogP contribution in [0.15, 0.2) is 18.2 Å². The van der Waals surface area contributed by atoms with Gasteiger partial charge in [0.15, 0.2) is 5.75 Å². The lowest BCUT2D eigenvalue weighted by atomic mass is 10.2. The van der Waals surface area contributed by atoms with Crippen molar-refractivity contribution in [2.45, 2.75) is 0 Å². The second-order valence-corrected chi connectivity index (χ2v) is 5.06. The number of carbonyl (C=O) groups excluding carboxylic acids is 2. The molecule has 1 heterocycles. The fourth-order valence-electron chi connectivity index (χ4n) is 2.02. The largest absolute Gasteiger partial charge is 0.423 e. The summed E-state index contributed by atoms with van der Waals surface area (Å²) in [4.78, 5) is 25.1. The number of fused-ring (bicyclic) bond motifs is 1. The van der Waals surface area contributed by atoms with E-state index in [1.54, 1.807) is 23.1 Å². The van der Waals surface area contributed by atoms with Gasteiger partial charge in [0.1, 0.15) is 6.54 Å². The summed E-state index contributed by atoms with van der Waals surface area (Å²) in [6.07, 6.45) is 0. The van der Waals surface area contributed by atoms with E-state index in [1.165, 1.54) is 0 Å². The molecule has 1 amide bonds. The summed E-state index contributed by atoms with van der Waals surface area (Å²) in [5.41, 5.74) is 0.610. The van der Waals surface area contributed by atoms with Crippen molar-refractivity contribution in [3.05, 3.63) is 23.2 Å². The molecule has 120 valence electrons. The van der Waals surface area contributed by atoms with E-state index < -0.39 is 5.97 Å². The molecule has 7 nitrogen and oxygen atoms in total. The molecule has 0 bridgehead atoms. The van der Waals surface area contributed by atoms with E-state index in [2.05, 4.69) is 5.32 Å². The molecule has 2 rings (SSSR count). The monoisotopic (exact) mass is 328 g/mol. The highest BCUT2D eigenvalue weighted by atomic mass is 35.5. The van der Waals surface area contributed by atoms with Gasteiger partial charge in [0.25, 0.3) is 0 Å². The Hall–Kier alpha value is -1.83. The molecule has 8 heteroatoms. The van der Waals surface area contributed by atoms with Crippen LogP contribution in [0.2, 0.25) is 5.02 Å². The molecule has 0 unspecified atom stereocenters. The van der Waals surface area contributed by atoms with Crippen LogP contribution in [0.5, 0.6) is 5.75 Å². The maximum absolute atomic E-state index is 11.9. The number of rotatable bonds is 7. The molecule has 0 atom stereocenters. The minimum absolute atomic E-state index is 0.0121. The minimum Gasteiger partial charge on any atom is -0.423 e. The highest BCUT2D eigenvalue weighted by molar-refractivity contribution is 6.31. The minimum atomic E-state index is -0.422. The standard InChI is InChI=1S/C14H17ClN2O5/c15-10-1-2-12-11(7-10)17(9-14(20)22-12)8-13(19)16-3-5-21-6-4-18/h1-2,7,18H,3-6,8-9H2,(H,16,19). The molecule has 1 aromatic rings. The van der Waals surface area contributed by atoms with E-state index in [4.69, 9.17) is 26.2 Å². The molecule has 0 saturated heterocycles. The number of hydrogen-bond acceptors (Lipinski definition) is 6. The molecule has 0 fully saturated rings. The number of benzene rings is 1. The lowest BCUT2D eigenvalue weighted by Crippen LogP contribution is -2.44. The average Bonchev–Trinajstić information content (AvgIpc) is 2.47. The van der Waals surface area contributed by atoms with E-state index in [0.29, 0.717) is 29.6 Å². The van der Waals surface area contributed by atoms with Crippen molar-refractivity contribution in [2.75, 3.05) is 44.4 Å². The van der Waals surface area contributed by atoms with Crippen LogP contribution in [-0.4, -0.2) is 56.4 Å². The first kappa shape index (κ1) is 16.5. The third kappa shape index (κ3) is 4.59. The van der Waals surface area contributed by atoms with Crippen molar-refractivity contribution in [2.24, 2.45) is 0 Å². The lowest BCUT2D eigenvalue weighted by molar-refractivity contribution is -0.133. The Morgan fingerprint density at radius 2 is 2.27 bits per heavy atom. The molecule has 1 aliphatic heterocycles. The summed E-state index contributed by atoms with van der Waals surface area (Å²) in [7, 11) is 0. The van der Waals surface area contributed by atoms with Gasteiger partial charge in [0.05, 0.1) is 32.1 Å². The maximum atomic E-state index is 11.9. The smallest absolute Gasteiger partial charge is 0.331 e. The Bertz CT molecular complexity index is 552. The predicted octanol–water partition coefficient (Wildman–Crippen LogP) is 0.190. The summed E-state index contributed by atoms with van der Waals surface area (Å²) in [6.45, 7) is 0.835. The Kier molecular flexibility index (Phi) is 6.00. The summed E-state index contributed by atoms with van der Waals surface area (Å²) in [5.74, 6) is -0.276. The van der Waals surface area contributed by atoms with E-state index in [0.717, 1.165) is 0 Å². The molecule has 22 heavy (non-hydrogen) atoms. The van der Waals surface area contributed by atoms with Crippen LogP contribution in [-0.2, 0) is 14.3 Å². The molecular formula is C14H17ClN2O5. The Morgan fingerprint density at radius 3 is 3.05 bits per heavy atom. The number of aliphatic hydroxyl groups is 1. The third-order valence-electron chi connectivity index (χ3n) is 2.94. The zero-order chi connectivity index (χ0) is 15.9.